The molecule has 0 bridgehead atoms. The van der Waals surface area contributed by atoms with E-state index in [1.807, 2.05) is 12.5 Å². The van der Waals surface area contributed by atoms with Crippen LogP contribution in [0.15, 0.2) is 11.8 Å². The Morgan fingerprint density at radius 1 is 1.43 bits per heavy atom. The van der Waals surface area contributed by atoms with Crippen molar-refractivity contribution in [1.29, 1.82) is 0 Å². The van der Waals surface area contributed by atoms with Gasteiger partial charge >= 0.3 is 0 Å². The highest BCUT2D eigenvalue weighted by Gasteiger charge is 1.98. The Morgan fingerprint density at radius 2 is 2.29 bits per heavy atom. The van der Waals surface area contributed by atoms with Crippen LogP contribution in [0.4, 0.5) is 0 Å². The molecule has 0 unspecified atom stereocenters. The topological polar surface area (TPSA) is 20.2 Å². The SMILES string of the molecule is OC1=CCCC[CH]1. The summed E-state index contributed by atoms with van der Waals surface area (Å²) in [5.74, 6) is 0.464. The lowest BCUT2D eigenvalue weighted by molar-refractivity contribution is 0.405. The molecule has 0 aromatic rings. The van der Waals surface area contributed by atoms with Gasteiger partial charge in [-0.15, -0.1) is 0 Å². The first-order chi connectivity index (χ1) is 3.39. The van der Waals surface area contributed by atoms with E-state index in [-0.39, 0.29) is 0 Å². The molecule has 0 aliphatic heterocycles. The summed E-state index contributed by atoms with van der Waals surface area (Å²) in [4.78, 5) is 0. The van der Waals surface area contributed by atoms with Gasteiger partial charge in [0.05, 0.1) is 5.76 Å². The maximum atomic E-state index is 8.71. The number of hydrogen-bond acceptors (Lipinski definition) is 1. The molecule has 39 valence electrons. The fraction of sp³-hybridized carbons (Fsp3) is 0.500. The minimum Gasteiger partial charge on any atom is -0.512 e. The van der Waals surface area contributed by atoms with Gasteiger partial charge in [0.15, 0.2) is 0 Å². The molecule has 1 aliphatic carbocycles. The summed E-state index contributed by atoms with van der Waals surface area (Å²) in [7, 11) is 0. The molecule has 1 N–H and O–H groups in total. The van der Waals surface area contributed by atoms with E-state index in [0.29, 0.717) is 5.76 Å². The maximum Gasteiger partial charge on any atom is 0.0920 e. The second-order valence-electron chi connectivity index (χ2n) is 1.76. The summed E-state index contributed by atoms with van der Waals surface area (Å²) in [6, 6.07) is 0. The van der Waals surface area contributed by atoms with Gasteiger partial charge in [0.2, 0.25) is 0 Å². The van der Waals surface area contributed by atoms with Crippen LogP contribution in [0.2, 0.25) is 0 Å². The van der Waals surface area contributed by atoms with Gasteiger partial charge in [-0.25, -0.2) is 0 Å². The predicted molar refractivity (Wildman–Crippen MR) is 28.9 cm³/mol. The van der Waals surface area contributed by atoms with E-state index >= 15 is 0 Å². The molecule has 0 aromatic carbocycles. The van der Waals surface area contributed by atoms with E-state index in [4.69, 9.17) is 5.11 Å². The van der Waals surface area contributed by atoms with Crippen LogP contribution in [0.1, 0.15) is 19.3 Å². The third-order valence-electron chi connectivity index (χ3n) is 1.12. The van der Waals surface area contributed by atoms with Crippen LogP contribution >= 0.6 is 0 Å². The normalized spacial score (nSPS) is 21.4. The third kappa shape index (κ3) is 1.22. The van der Waals surface area contributed by atoms with Crippen LogP contribution in [0.5, 0.6) is 0 Å². The molecular weight excluding hydrogens is 88.1 g/mol. The number of aliphatic hydroxyl groups is 1. The Bertz CT molecular complexity index is 84.2. The minimum atomic E-state index is 0.464. The van der Waals surface area contributed by atoms with Crippen molar-refractivity contribution in [3.05, 3.63) is 18.3 Å². The Hall–Kier alpha value is -0.460. The third-order valence-corrected chi connectivity index (χ3v) is 1.12. The van der Waals surface area contributed by atoms with Crippen molar-refractivity contribution < 1.29 is 5.11 Å². The van der Waals surface area contributed by atoms with Crippen LogP contribution in [0.25, 0.3) is 0 Å². The Kier molecular flexibility index (Phi) is 1.35. The number of allylic oxidation sites excluding steroid dienone is 2. The summed E-state index contributed by atoms with van der Waals surface area (Å²) in [5, 5.41) is 8.71. The monoisotopic (exact) mass is 97.1 g/mol. The quantitative estimate of drug-likeness (QED) is 0.488. The average Bonchev–Trinajstić information content (AvgIpc) is 1.69. The van der Waals surface area contributed by atoms with Crippen molar-refractivity contribution in [2.45, 2.75) is 19.3 Å². The minimum absolute atomic E-state index is 0.464. The Balaban J connectivity index is 2.40. The first-order valence-corrected chi connectivity index (χ1v) is 2.62. The second-order valence-corrected chi connectivity index (χ2v) is 1.76. The van der Waals surface area contributed by atoms with Gasteiger partial charge in [0.1, 0.15) is 0 Å². The van der Waals surface area contributed by atoms with E-state index in [9.17, 15) is 0 Å². The number of hydrogen-bond donors (Lipinski definition) is 1. The average molecular weight is 97.1 g/mol. The first kappa shape index (κ1) is 4.69. The molecule has 7 heavy (non-hydrogen) atoms. The van der Waals surface area contributed by atoms with E-state index in [1.165, 1.54) is 6.42 Å². The molecule has 0 spiro atoms. The van der Waals surface area contributed by atoms with E-state index in [1.54, 1.807) is 0 Å². The van der Waals surface area contributed by atoms with Gasteiger partial charge in [0.25, 0.3) is 0 Å². The number of rotatable bonds is 0. The zero-order valence-corrected chi connectivity index (χ0v) is 4.22. The molecule has 1 aliphatic rings. The van der Waals surface area contributed by atoms with E-state index in [0.717, 1.165) is 12.8 Å². The largest absolute Gasteiger partial charge is 0.512 e. The predicted octanol–water partition coefficient (Wildman–Crippen LogP) is 1.82. The van der Waals surface area contributed by atoms with Gasteiger partial charge < -0.3 is 5.11 Å². The lowest BCUT2D eigenvalue weighted by Gasteiger charge is -2.03. The zero-order chi connectivity index (χ0) is 5.11. The highest BCUT2D eigenvalue weighted by Crippen LogP contribution is 2.12. The fourth-order valence-electron chi connectivity index (χ4n) is 0.701. The molecule has 0 fully saturated rings. The Labute approximate surface area is 43.7 Å². The van der Waals surface area contributed by atoms with Crippen LogP contribution in [-0.4, -0.2) is 5.11 Å². The van der Waals surface area contributed by atoms with Gasteiger partial charge in [-0.1, -0.05) is 0 Å². The molecule has 1 nitrogen and oxygen atoms in total. The van der Waals surface area contributed by atoms with Crippen molar-refractivity contribution >= 4 is 0 Å². The van der Waals surface area contributed by atoms with Crippen molar-refractivity contribution in [2.24, 2.45) is 0 Å². The molecule has 1 radical (unpaired) electrons. The molecular formula is C6H9O. The van der Waals surface area contributed by atoms with Crippen LogP contribution in [-0.2, 0) is 0 Å². The van der Waals surface area contributed by atoms with Crippen molar-refractivity contribution in [2.75, 3.05) is 0 Å². The van der Waals surface area contributed by atoms with Crippen LogP contribution < -0.4 is 0 Å². The molecule has 1 heteroatoms. The highest BCUT2D eigenvalue weighted by molar-refractivity contribution is 5.06. The van der Waals surface area contributed by atoms with Gasteiger partial charge in [-0.2, -0.15) is 0 Å². The summed E-state index contributed by atoms with van der Waals surface area (Å²) in [5.41, 5.74) is 0. The highest BCUT2D eigenvalue weighted by atomic mass is 16.3. The zero-order valence-electron chi connectivity index (χ0n) is 4.22. The molecule has 0 saturated heterocycles. The van der Waals surface area contributed by atoms with Crippen molar-refractivity contribution in [3.63, 3.8) is 0 Å². The van der Waals surface area contributed by atoms with E-state index < -0.39 is 0 Å². The Morgan fingerprint density at radius 3 is 2.57 bits per heavy atom. The molecule has 0 saturated carbocycles. The summed E-state index contributed by atoms with van der Waals surface area (Å²) in [6.45, 7) is 0. The lowest BCUT2D eigenvalue weighted by Crippen LogP contribution is -1.89. The summed E-state index contributed by atoms with van der Waals surface area (Å²) in [6.07, 6.45) is 6.99. The molecule has 0 atom stereocenters. The molecule has 0 heterocycles. The van der Waals surface area contributed by atoms with Crippen LogP contribution in [0, 0.1) is 6.42 Å². The first-order valence-electron chi connectivity index (χ1n) is 2.62. The van der Waals surface area contributed by atoms with Crippen molar-refractivity contribution in [3.8, 4) is 0 Å². The smallest absolute Gasteiger partial charge is 0.0920 e. The number of aliphatic hydroxyl groups excluding tert-OH is 1. The summed E-state index contributed by atoms with van der Waals surface area (Å²) < 4.78 is 0. The second kappa shape index (κ2) is 2.01. The standard InChI is InChI=1S/C6H9O/c7-6-4-2-1-3-5-6/h4-5,7H,1-3H2. The van der Waals surface area contributed by atoms with Gasteiger partial charge in [-0.3, -0.25) is 0 Å². The summed E-state index contributed by atoms with van der Waals surface area (Å²) >= 11 is 0. The van der Waals surface area contributed by atoms with Crippen LogP contribution in [0.3, 0.4) is 0 Å². The lowest BCUT2D eigenvalue weighted by atomic mass is 10.1. The molecule has 0 aromatic heterocycles. The fourth-order valence-corrected chi connectivity index (χ4v) is 0.701. The van der Waals surface area contributed by atoms with Gasteiger partial charge in [0, 0.05) is 6.42 Å². The van der Waals surface area contributed by atoms with Crippen molar-refractivity contribution in [1.82, 2.24) is 0 Å². The van der Waals surface area contributed by atoms with E-state index in [2.05, 4.69) is 0 Å². The maximum absolute atomic E-state index is 8.71. The molecule has 0 amide bonds. The molecule has 1 rings (SSSR count). The van der Waals surface area contributed by atoms with Gasteiger partial charge in [-0.05, 0) is 25.3 Å².